The summed E-state index contributed by atoms with van der Waals surface area (Å²) >= 11 is 5.82. The maximum Gasteiger partial charge on any atom is 0.253 e. The lowest BCUT2D eigenvalue weighted by Crippen LogP contribution is -2.37. The number of methoxy groups -OCH3 is 1. The number of para-hydroxylation sites is 2. The summed E-state index contributed by atoms with van der Waals surface area (Å²) in [5.41, 5.74) is 4.33. The number of aryl methyl sites for hydroxylation is 1. The topological polar surface area (TPSA) is 75.8 Å². The molecule has 0 atom stereocenters. The summed E-state index contributed by atoms with van der Waals surface area (Å²) in [4.78, 5) is 18.0. The van der Waals surface area contributed by atoms with Gasteiger partial charge in [-0.3, -0.25) is 4.79 Å². The maximum absolute atomic E-state index is 13.0. The first-order chi connectivity index (χ1) is 17.5. The van der Waals surface area contributed by atoms with E-state index < -0.39 is 0 Å². The van der Waals surface area contributed by atoms with E-state index in [2.05, 4.69) is 41.5 Å². The van der Waals surface area contributed by atoms with Crippen LogP contribution in [-0.4, -0.2) is 35.4 Å². The van der Waals surface area contributed by atoms with Crippen LogP contribution in [0.25, 0.3) is 10.9 Å². The Morgan fingerprint density at radius 1 is 1.08 bits per heavy atom. The molecule has 1 aliphatic rings. The van der Waals surface area contributed by atoms with Gasteiger partial charge in [-0.1, -0.05) is 42.0 Å². The number of nitrogens with zero attached hydrogens (tertiary/aromatic N) is 1. The van der Waals surface area contributed by atoms with Crippen LogP contribution in [0.1, 0.15) is 16.7 Å². The number of hydrogen-bond donors (Lipinski definition) is 2. The van der Waals surface area contributed by atoms with Crippen molar-refractivity contribution >= 4 is 33.9 Å². The van der Waals surface area contributed by atoms with Crippen molar-refractivity contribution in [2.24, 2.45) is 0 Å². The fourth-order valence-corrected chi connectivity index (χ4v) is 4.56. The molecule has 4 aromatic rings. The molecule has 8 heteroatoms. The number of fused-ring (bicyclic) bond motifs is 2. The molecule has 1 aliphatic heterocycles. The van der Waals surface area contributed by atoms with E-state index in [1.54, 1.807) is 13.2 Å². The predicted octanol–water partition coefficient (Wildman–Crippen LogP) is 5.02. The molecule has 0 bridgehead atoms. The molecule has 2 N–H and O–H groups in total. The van der Waals surface area contributed by atoms with Crippen LogP contribution in [0.2, 0.25) is 0 Å². The molecule has 0 saturated carbocycles. The summed E-state index contributed by atoms with van der Waals surface area (Å²) < 4.78 is 16.4. The van der Waals surface area contributed by atoms with Gasteiger partial charge in [0.25, 0.3) is 5.56 Å². The van der Waals surface area contributed by atoms with Crippen LogP contribution in [0.15, 0.2) is 71.5 Å². The Bertz CT molecular complexity index is 1480. The number of rotatable bonds is 7. The van der Waals surface area contributed by atoms with E-state index in [4.69, 9.17) is 26.4 Å². The summed E-state index contributed by atoms with van der Waals surface area (Å²) in [6.07, 6.45) is 0.777. The van der Waals surface area contributed by atoms with Crippen molar-refractivity contribution in [3.63, 3.8) is 0 Å². The SMILES string of the molecule is COc1ccccc1NC(=S)N(CCc1cccc(C)c1)Cc1cc2cc3c(cc2[nH]c1=O)OCO3. The molecule has 3 aromatic carbocycles. The van der Waals surface area contributed by atoms with Crippen molar-refractivity contribution in [3.8, 4) is 17.2 Å². The Hall–Kier alpha value is -4.04. The minimum absolute atomic E-state index is 0.165. The number of ether oxygens (including phenoxy) is 3. The number of thiocarbonyl (C=S) groups is 1. The molecule has 7 nitrogen and oxygen atoms in total. The first kappa shape index (κ1) is 23.7. The third-order valence-corrected chi connectivity index (χ3v) is 6.52. The zero-order valence-corrected chi connectivity index (χ0v) is 21.0. The van der Waals surface area contributed by atoms with E-state index in [1.807, 2.05) is 41.3 Å². The van der Waals surface area contributed by atoms with Crippen molar-refractivity contribution < 1.29 is 14.2 Å². The standard InChI is InChI=1S/C28H27N3O4S/c1-18-6-5-7-19(12-18)10-11-31(28(36)30-22-8-3-4-9-24(22)33-2)16-21-13-20-14-25-26(35-17-34-25)15-23(20)29-27(21)32/h3-9,12-15H,10-11,16-17H2,1-2H3,(H,29,32)(H,30,36). The Morgan fingerprint density at radius 3 is 2.69 bits per heavy atom. The van der Waals surface area contributed by atoms with Gasteiger partial charge in [-0.05, 0) is 55.4 Å². The van der Waals surface area contributed by atoms with Crippen molar-refractivity contribution in [1.82, 2.24) is 9.88 Å². The van der Waals surface area contributed by atoms with Gasteiger partial charge in [0.15, 0.2) is 16.6 Å². The van der Waals surface area contributed by atoms with Gasteiger partial charge in [-0.15, -0.1) is 0 Å². The molecule has 184 valence electrons. The highest BCUT2D eigenvalue weighted by molar-refractivity contribution is 7.80. The van der Waals surface area contributed by atoms with E-state index in [-0.39, 0.29) is 12.4 Å². The van der Waals surface area contributed by atoms with Crippen molar-refractivity contribution in [1.29, 1.82) is 0 Å². The number of aromatic nitrogens is 1. The van der Waals surface area contributed by atoms with E-state index in [9.17, 15) is 4.79 Å². The van der Waals surface area contributed by atoms with Crippen LogP contribution >= 0.6 is 12.2 Å². The molecule has 36 heavy (non-hydrogen) atoms. The molecular weight excluding hydrogens is 474 g/mol. The van der Waals surface area contributed by atoms with E-state index >= 15 is 0 Å². The minimum Gasteiger partial charge on any atom is -0.495 e. The van der Waals surface area contributed by atoms with Gasteiger partial charge in [-0.25, -0.2) is 0 Å². The van der Waals surface area contributed by atoms with Crippen molar-refractivity contribution in [2.75, 3.05) is 25.8 Å². The van der Waals surface area contributed by atoms with E-state index in [0.29, 0.717) is 46.5 Å². The first-order valence-corrected chi connectivity index (χ1v) is 12.1. The Balaban J connectivity index is 1.43. The van der Waals surface area contributed by atoms with Crippen molar-refractivity contribution in [3.05, 3.63) is 93.8 Å². The number of aromatic amines is 1. The molecule has 0 radical (unpaired) electrons. The van der Waals surface area contributed by atoms with Gasteiger partial charge in [0.05, 0.1) is 24.9 Å². The maximum atomic E-state index is 13.0. The van der Waals surface area contributed by atoms with Crippen LogP contribution < -0.4 is 25.1 Å². The molecule has 2 heterocycles. The number of hydrogen-bond acceptors (Lipinski definition) is 5. The smallest absolute Gasteiger partial charge is 0.253 e. The monoisotopic (exact) mass is 501 g/mol. The van der Waals surface area contributed by atoms with Crippen LogP contribution in [0.5, 0.6) is 17.2 Å². The number of pyridine rings is 1. The predicted molar refractivity (Wildman–Crippen MR) is 145 cm³/mol. The number of nitrogens with one attached hydrogen (secondary N) is 2. The minimum atomic E-state index is -0.165. The zero-order valence-electron chi connectivity index (χ0n) is 20.2. The molecule has 0 fully saturated rings. The average molecular weight is 502 g/mol. The number of H-pyrrole nitrogens is 1. The second-order valence-corrected chi connectivity index (χ2v) is 9.09. The molecule has 1 aromatic heterocycles. The lowest BCUT2D eigenvalue weighted by Gasteiger charge is -2.26. The Kier molecular flexibility index (Phi) is 6.77. The second kappa shape index (κ2) is 10.3. The largest absolute Gasteiger partial charge is 0.495 e. The number of anilines is 1. The third-order valence-electron chi connectivity index (χ3n) is 6.16. The van der Waals surface area contributed by atoms with Crippen molar-refractivity contribution in [2.45, 2.75) is 19.9 Å². The zero-order chi connectivity index (χ0) is 25.1. The molecule has 0 spiro atoms. The van der Waals surface area contributed by atoms with Gasteiger partial charge < -0.3 is 29.4 Å². The van der Waals surface area contributed by atoms with Gasteiger partial charge in [0.2, 0.25) is 6.79 Å². The summed E-state index contributed by atoms with van der Waals surface area (Å²) in [6.45, 7) is 3.23. The summed E-state index contributed by atoms with van der Waals surface area (Å²) in [6, 6.07) is 21.6. The van der Waals surface area contributed by atoms with E-state index in [1.165, 1.54) is 11.1 Å². The molecule has 5 rings (SSSR count). The van der Waals surface area contributed by atoms with E-state index in [0.717, 1.165) is 17.5 Å². The highest BCUT2D eigenvalue weighted by Crippen LogP contribution is 2.35. The fraction of sp³-hybridized carbons (Fsp3) is 0.214. The summed E-state index contributed by atoms with van der Waals surface area (Å²) in [5, 5.41) is 4.69. The van der Waals surface area contributed by atoms with Gasteiger partial charge in [0, 0.05) is 23.6 Å². The summed E-state index contributed by atoms with van der Waals surface area (Å²) in [7, 11) is 1.62. The highest BCUT2D eigenvalue weighted by Gasteiger charge is 2.18. The first-order valence-electron chi connectivity index (χ1n) is 11.7. The normalized spacial score (nSPS) is 11.9. The summed E-state index contributed by atoms with van der Waals surface area (Å²) in [5.74, 6) is 2.00. The third kappa shape index (κ3) is 5.13. The fourth-order valence-electron chi connectivity index (χ4n) is 4.29. The highest BCUT2D eigenvalue weighted by atomic mass is 32.1. The van der Waals surface area contributed by atoms with Crippen LogP contribution in [-0.2, 0) is 13.0 Å². The molecule has 0 unspecified atom stereocenters. The lowest BCUT2D eigenvalue weighted by atomic mass is 10.1. The molecule has 0 aliphatic carbocycles. The lowest BCUT2D eigenvalue weighted by molar-refractivity contribution is 0.174. The second-order valence-electron chi connectivity index (χ2n) is 8.71. The molecule has 0 saturated heterocycles. The van der Waals surface area contributed by atoms with Gasteiger partial charge >= 0.3 is 0 Å². The van der Waals surface area contributed by atoms with Crippen LogP contribution in [0, 0.1) is 6.92 Å². The van der Waals surface area contributed by atoms with Crippen LogP contribution in [0.3, 0.4) is 0 Å². The Morgan fingerprint density at radius 2 is 1.89 bits per heavy atom. The van der Waals surface area contributed by atoms with Gasteiger partial charge in [0.1, 0.15) is 5.75 Å². The molecular formula is C28H27N3O4S. The Labute approximate surface area is 214 Å². The number of benzene rings is 3. The quantitative estimate of drug-likeness (QED) is 0.345. The average Bonchev–Trinajstić information content (AvgIpc) is 3.33. The molecule has 0 amide bonds. The van der Waals surface area contributed by atoms with Crippen LogP contribution in [0.4, 0.5) is 5.69 Å². The van der Waals surface area contributed by atoms with Gasteiger partial charge in [-0.2, -0.15) is 0 Å².